The zero-order valence-electron chi connectivity index (χ0n) is 17.0. The highest BCUT2D eigenvalue weighted by Crippen LogP contribution is 2.28. The van der Waals surface area contributed by atoms with Crippen molar-refractivity contribution in [2.24, 2.45) is 0 Å². The standard InChI is InChI=1S/C18H10ClNO2.C7H6ClNO2/c19-14-9-4-10-15-16(14)18(21)22-17(20-15)13-8-3-6-11-5-1-2-7-12(11)13;8-4-2-1-3-5(9)6(4)7(10)11/h1-10H;1-3H,9H2,(H,10,11). The Morgan fingerprint density at radius 3 is 2.27 bits per heavy atom. The molecule has 1 aromatic heterocycles. The summed E-state index contributed by atoms with van der Waals surface area (Å²) in [6, 6.07) is 23.5. The summed E-state index contributed by atoms with van der Waals surface area (Å²) in [7, 11) is 0. The Morgan fingerprint density at radius 2 is 1.55 bits per heavy atom. The number of nitrogens with two attached hydrogens (primary N) is 1. The monoisotopic (exact) mass is 478 g/mol. The number of nitrogens with zero attached hydrogens (tertiary/aromatic N) is 1. The molecule has 4 aromatic carbocycles. The molecule has 0 radical (unpaired) electrons. The third-order valence-corrected chi connectivity index (χ3v) is 5.52. The quantitative estimate of drug-likeness (QED) is 0.289. The lowest BCUT2D eigenvalue weighted by Gasteiger charge is -2.06. The summed E-state index contributed by atoms with van der Waals surface area (Å²) in [6.45, 7) is 0. The fourth-order valence-electron chi connectivity index (χ4n) is 3.37. The maximum Gasteiger partial charge on any atom is 0.348 e. The highest BCUT2D eigenvalue weighted by molar-refractivity contribution is 6.35. The molecule has 0 bridgehead atoms. The van der Waals surface area contributed by atoms with Crippen molar-refractivity contribution in [2.75, 3.05) is 5.73 Å². The topological polar surface area (TPSA) is 106 Å². The Bertz CT molecular complexity index is 1540. The smallest absolute Gasteiger partial charge is 0.348 e. The first-order chi connectivity index (χ1) is 15.9. The van der Waals surface area contributed by atoms with E-state index in [-0.39, 0.29) is 16.3 Å². The number of benzene rings is 4. The number of anilines is 1. The van der Waals surface area contributed by atoms with Gasteiger partial charge in [0.25, 0.3) is 0 Å². The molecule has 5 rings (SSSR count). The number of carboxylic acids is 1. The van der Waals surface area contributed by atoms with Crippen LogP contribution in [0, 0.1) is 0 Å². The number of carbonyl (C=O) groups is 1. The third-order valence-electron chi connectivity index (χ3n) is 4.89. The van der Waals surface area contributed by atoms with E-state index in [2.05, 4.69) is 4.98 Å². The molecule has 0 fully saturated rings. The van der Waals surface area contributed by atoms with Gasteiger partial charge in [0.2, 0.25) is 5.89 Å². The van der Waals surface area contributed by atoms with Gasteiger partial charge in [-0.25, -0.2) is 14.6 Å². The Hall–Kier alpha value is -3.87. The number of hydrogen-bond acceptors (Lipinski definition) is 5. The first-order valence-electron chi connectivity index (χ1n) is 9.71. The van der Waals surface area contributed by atoms with Crippen LogP contribution >= 0.6 is 23.2 Å². The van der Waals surface area contributed by atoms with E-state index < -0.39 is 11.6 Å². The Kier molecular flexibility index (Phi) is 6.31. The fourth-order valence-corrected chi connectivity index (χ4v) is 3.88. The normalized spacial score (nSPS) is 10.6. The van der Waals surface area contributed by atoms with Gasteiger partial charge in [-0.05, 0) is 41.1 Å². The van der Waals surface area contributed by atoms with Crippen LogP contribution in [0.3, 0.4) is 0 Å². The van der Waals surface area contributed by atoms with Gasteiger partial charge in [0, 0.05) is 11.3 Å². The third kappa shape index (κ3) is 4.53. The summed E-state index contributed by atoms with van der Waals surface area (Å²) >= 11 is 11.6. The van der Waals surface area contributed by atoms with Crippen LogP contribution in [0.25, 0.3) is 33.1 Å². The van der Waals surface area contributed by atoms with Crippen LogP contribution in [0.1, 0.15) is 10.4 Å². The van der Waals surface area contributed by atoms with Crippen LogP contribution in [0.4, 0.5) is 5.69 Å². The highest BCUT2D eigenvalue weighted by atomic mass is 35.5. The van der Waals surface area contributed by atoms with E-state index >= 15 is 0 Å². The van der Waals surface area contributed by atoms with Gasteiger partial charge in [-0.1, -0.05) is 71.7 Å². The van der Waals surface area contributed by atoms with Gasteiger partial charge in [-0.2, -0.15) is 0 Å². The number of carboxylic acid groups (broad SMARTS) is 1. The summed E-state index contributed by atoms with van der Waals surface area (Å²) in [5.41, 5.74) is 6.36. The molecule has 0 aliphatic carbocycles. The van der Waals surface area contributed by atoms with E-state index in [0.29, 0.717) is 21.8 Å². The minimum atomic E-state index is -1.10. The van der Waals surface area contributed by atoms with E-state index in [1.165, 1.54) is 12.1 Å². The van der Waals surface area contributed by atoms with E-state index in [1.54, 1.807) is 24.3 Å². The van der Waals surface area contributed by atoms with E-state index in [1.807, 2.05) is 42.5 Å². The van der Waals surface area contributed by atoms with Gasteiger partial charge in [0.15, 0.2) is 0 Å². The van der Waals surface area contributed by atoms with Gasteiger partial charge in [0.1, 0.15) is 10.9 Å². The van der Waals surface area contributed by atoms with Crippen LogP contribution in [-0.2, 0) is 0 Å². The summed E-state index contributed by atoms with van der Waals surface area (Å²) in [6.07, 6.45) is 0. The lowest BCUT2D eigenvalue weighted by Crippen LogP contribution is -2.03. The molecule has 8 heteroatoms. The second kappa shape index (κ2) is 9.32. The van der Waals surface area contributed by atoms with Crippen LogP contribution in [0.5, 0.6) is 0 Å². The molecule has 0 atom stereocenters. The molecule has 164 valence electrons. The predicted octanol–water partition coefficient (Wildman–Crippen LogP) is 6.28. The number of aromatic nitrogens is 1. The number of hydrogen-bond donors (Lipinski definition) is 2. The number of fused-ring (bicyclic) bond motifs is 2. The second-order valence-electron chi connectivity index (χ2n) is 6.98. The molecular weight excluding hydrogens is 463 g/mol. The molecular formula is C25H16Cl2N2O4. The highest BCUT2D eigenvalue weighted by Gasteiger charge is 2.13. The van der Waals surface area contributed by atoms with Crippen molar-refractivity contribution >= 4 is 56.5 Å². The molecule has 0 spiro atoms. The Labute approximate surface area is 197 Å². The first-order valence-corrected chi connectivity index (χ1v) is 10.5. The molecule has 0 saturated carbocycles. The van der Waals surface area contributed by atoms with Crippen molar-refractivity contribution in [1.82, 2.24) is 4.98 Å². The van der Waals surface area contributed by atoms with Crippen LogP contribution in [-0.4, -0.2) is 16.1 Å². The molecule has 0 aliphatic heterocycles. The average molecular weight is 479 g/mol. The molecule has 1 heterocycles. The van der Waals surface area contributed by atoms with Crippen molar-refractivity contribution in [3.8, 4) is 11.5 Å². The lowest BCUT2D eigenvalue weighted by atomic mass is 10.0. The fraction of sp³-hybridized carbons (Fsp3) is 0. The van der Waals surface area contributed by atoms with Crippen molar-refractivity contribution in [3.05, 3.63) is 105 Å². The molecule has 33 heavy (non-hydrogen) atoms. The molecule has 0 aliphatic rings. The van der Waals surface area contributed by atoms with Crippen molar-refractivity contribution in [3.63, 3.8) is 0 Å². The molecule has 0 unspecified atom stereocenters. The number of rotatable bonds is 2. The van der Waals surface area contributed by atoms with E-state index in [9.17, 15) is 9.59 Å². The van der Waals surface area contributed by atoms with Crippen LogP contribution < -0.4 is 11.4 Å². The van der Waals surface area contributed by atoms with E-state index in [4.69, 9.17) is 38.5 Å². The van der Waals surface area contributed by atoms with Crippen LogP contribution in [0.15, 0.2) is 88.1 Å². The molecule has 3 N–H and O–H groups in total. The molecule has 6 nitrogen and oxygen atoms in total. The molecule has 5 aromatic rings. The Morgan fingerprint density at radius 1 is 0.879 bits per heavy atom. The summed E-state index contributed by atoms with van der Waals surface area (Å²) in [5, 5.41) is 11.5. The predicted molar refractivity (Wildman–Crippen MR) is 131 cm³/mol. The van der Waals surface area contributed by atoms with Gasteiger partial charge in [0.05, 0.1) is 15.6 Å². The summed E-state index contributed by atoms with van der Waals surface area (Å²) in [4.78, 5) is 27.2. The number of halogens is 2. The van der Waals surface area contributed by atoms with E-state index in [0.717, 1.165) is 16.3 Å². The number of nitrogen functional groups attached to an aromatic ring is 1. The van der Waals surface area contributed by atoms with Crippen molar-refractivity contribution in [2.45, 2.75) is 0 Å². The second-order valence-corrected chi connectivity index (χ2v) is 7.79. The minimum Gasteiger partial charge on any atom is -0.478 e. The minimum absolute atomic E-state index is 0.0332. The maximum absolute atomic E-state index is 12.2. The zero-order chi connectivity index (χ0) is 23.5. The molecule has 0 amide bonds. The largest absolute Gasteiger partial charge is 0.478 e. The zero-order valence-corrected chi connectivity index (χ0v) is 18.5. The van der Waals surface area contributed by atoms with Crippen molar-refractivity contribution in [1.29, 1.82) is 0 Å². The van der Waals surface area contributed by atoms with Crippen LogP contribution in [0.2, 0.25) is 10.0 Å². The lowest BCUT2D eigenvalue weighted by molar-refractivity contribution is 0.0698. The average Bonchev–Trinajstić information content (AvgIpc) is 2.78. The summed E-state index contributed by atoms with van der Waals surface area (Å²) < 4.78 is 5.41. The Balaban J connectivity index is 0.000000200. The SMILES string of the molecule is Nc1cccc(Cl)c1C(=O)O.O=c1oc(-c2cccc3ccccc23)nc2cccc(Cl)c12. The van der Waals surface area contributed by atoms with Gasteiger partial charge in [-0.3, -0.25) is 0 Å². The van der Waals surface area contributed by atoms with Gasteiger partial charge in [-0.15, -0.1) is 0 Å². The van der Waals surface area contributed by atoms with Crippen molar-refractivity contribution < 1.29 is 14.3 Å². The van der Waals surface area contributed by atoms with Gasteiger partial charge >= 0.3 is 11.6 Å². The maximum atomic E-state index is 12.2. The van der Waals surface area contributed by atoms with Gasteiger partial charge < -0.3 is 15.3 Å². The first kappa shape index (κ1) is 22.3. The summed E-state index contributed by atoms with van der Waals surface area (Å²) in [5.74, 6) is -0.801. The number of aromatic carboxylic acids is 1. The molecule has 0 saturated heterocycles.